The van der Waals surface area contributed by atoms with E-state index >= 15 is 0 Å². The molecule has 1 aliphatic heterocycles. The average molecular weight is 225 g/mol. The number of halogens is 1. The molecule has 0 amide bonds. The molecule has 1 aromatic carbocycles. The highest BCUT2D eigenvalue weighted by Crippen LogP contribution is 2.12. The SMILES string of the molecule is CN1CCC(NCc2cccc(Cl)c2)C1. The van der Waals surface area contributed by atoms with E-state index in [0.717, 1.165) is 18.1 Å². The molecule has 1 atom stereocenters. The van der Waals surface area contributed by atoms with Gasteiger partial charge in [-0.25, -0.2) is 0 Å². The van der Waals surface area contributed by atoms with Crippen LogP contribution in [0.3, 0.4) is 0 Å². The molecule has 82 valence electrons. The van der Waals surface area contributed by atoms with Crippen molar-refractivity contribution in [2.45, 2.75) is 19.0 Å². The fourth-order valence-electron chi connectivity index (χ4n) is 2.01. The Bertz CT molecular complexity index is 327. The lowest BCUT2D eigenvalue weighted by Crippen LogP contribution is -2.30. The van der Waals surface area contributed by atoms with Crippen molar-refractivity contribution in [1.82, 2.24) is 10.2 Å². The third-order valence-corrected chi connectivity index (χ3v) is 3.11. The Hall–Kier alpha value is -0.570. The summed E-state index contributed by atoms with van der Waals surface area (Å²) >= 11 is 5.93. The molecule has 0 aliphatic carbocycles. The van der Waals surface area contributed by atoms with E-state index in [9.17, 15) is 0 Å². The van der Waals surface area contributed by atoms with Gasteiger partial charge in [0.25, 0.3) is 0 Å². The maximum absolute atomic E-state index is 5.93. The van der Waals surface area contributed by atoms with Crippen LogP contribution in [0, 0.1) is 0 Å². The molecule has 0 aromatic heterocycles. The molecular weight excluding hydrogens is 208 g/mol. The van der Waals surface area contributed by atoms with Crippen LogP contribution < -0.4 is 5.32 Å². The number of nitrogens with zero attached hydrogens (tertiary/aromatic N) is 1. The summed E-state index contributed by atoms with van der Waals surface area (Å²) in [5, 5.41) is 4.37. The quantitative estimate of drug-likeness (QED) is 0.847. The van der Waals surface area contributed by atoms with Gasteiger partial charge in [-0.2, -0.15) is 0 Å². The van der Waals surface area contributed by atoms with Crippen LogP contribution in [0.15, 0.2) is 24.3 Å². The summed E-state index contributed by atoms with van der Waals surface area (Å²) in [6.07, 6.45) is 1.25. The van der Waals surface area contributed by atoms with Crippen molar-refractivity contribution in [3.05, 3.63) is 34.9 Å². The standard InChI is InChI=1S/C12H17ClN2/c1-15-6-5-12(9-15)14-8-10-3-2-4-11(13)7-10/h2-4,7,12,14H,5-6,8-9H2,1H3. The zero-order valence-electron chi connectivity index (χ0n) is 9.04. The van der Waals surface area contributed by atoms with Gasteiger partial charge in [-0.3, -0.25) is 0 Å². The predicted octanol–water partition coefficient (Wildman–Crippen LogP) is 2.13. The molecule has 1 fully saturated rings. The normalized spacial score (nSPS) is 22.1. The number of hydrogen-bond donors (Lipinski definition) is 1. The Morgan fingerprint density at radius 2 is 2.40 bits per heavy atom. The van der Waals surface area contributed by atoms with Crippen molar-refractivity contribution in [2.75, 3.05) is 20.1 Å². The summed E-state index contributed by atoms with van der Waals surface area (Å²) in [7, 11) is 2.17. The van der Waals surface area contributed by atoms with Gasteiger partial charge in [0.05, 0.1) is 0 Å². The number of hydrogen-bond acceptors (Lipinski definition) is 2. The Labute approximate surface area is 96.2 Å². The van der Waals surface area contributed by atoms with Crippen LogP contribution in [-0.2, 0) is 6.54 Å². The van der Waals surface area contributed by atoms with Gasteiger partial charge < -0.3 is 10.2 Å². The molecule has 2 nitrogen and oxygen atoms in total. The lowest BCUT2D eigenvalue weighted by molar-refractivity contribution is 0.397. The molecule has 0 radical (unpaired) electrons. The van der Waals surface area contributed by atoms with Gasteiger partial charge in [0.1, 0.15) is 0 Å². The van der Waals surface area contributed by atoms with Gasteiger partial charge in [0.2, 0.25) is 0 Å². The van der Waals surface area contributed by atoms with E-state index in [4.69, 9.17) is 11.6 Å². The van der Waals surface area contributed by atoms with Gasteiger partial charge in [0.15, 0.2) is 0 Å². The lowest BCUT2D eigenvalue weighted by Gasteiger charge is -2.12. The molecule has 0 saturated carbocycles. The van der Waals surface area contributed by atoms with Crippen molar-refractivity contribution in [2.24, 2.45) is 0 Å². The highest BCUT2D eigenvalue weighted by molar-refractivity contribution is 6.30. The number of nitrogens with one attached hydrogen (secondary N) is 1. The summed E-state index contributed by atoms with van der Waals surface area (Å²) < 4.78 is 0. The molecule has 0 bridgehead atoms. The summed E-state index contributed by atoms with van der Waals surface area (Å²) in [6.45, 7) is 3.27. The van der Waals surface area contributed by atoms with E-state index in [-0.39, 0.29) is 0 Å². The molecule has 2 rings (SSSR count). The van der Waals surface area contributed by atoms with Crippen molar-refractivity contribution in [1.29, 1.82) is 0 Å². The third-order valence-electron chi connectivity index (χ3n) is 2.88. The Morgan fingerprint density at radius 1 is 1.53 bits per heavy atom. The second kappa shape index (κ2) is 4.97. The van der Waals surface area contributed by atoms with Crippen LogP contribution in [0.25, 0.3) is 0 Å². The maximum Gasteiger partial charge on any atom is 0.0409 e. The summed E-state index contributed by atoms with van der Waals surface area (Å²) in [6, 6.07) is 8.67. The van der Waals surface area contributed by atoms with Gasteiger partial charge in [-0.1, -0.05) is 23.7 Å². The van der Waals surface area contributed by atoms with Gasteiger partial charge in [-0.05, 0) is 37.7 Å². The Morgan fingerprint density at radius 3 is 3.07 bits per heavy atom. The van der Waals surface area contributed by atoms with Crippen LogP contribution in [0.1, 0.15) is 12.0 Å². The number of likely N-dealkylation sites (tertiary alicyclic amines) is 1. The van der Waals surface area contributed by atoms with Crippen molar-refractivity contribution >= 4 is 11.6 Å². The van der Waals surface area contributed by atoms with Crippen LogP contribution in [0.2, 0.25) is 5.02 Å². The van der Waals surface area contributed by atoms with Crippen molar-refractivity contribution in [3.8, 4) is 0 Å². The number of likely N-dealkylation sites (N-methyl/N-ethyl adjacent to an activating group) is 1. The van der Waals surface area contributed by atoms with E-state index in [1.807, 2.05) is 18.2 Å². The molecule has 1 saturated heterocycles. The van der Waals surface area contributed by atoms with Crippen molar-refractivity contribution < 1.29 is 0 Å². The second-order valence-electron chi connectivity index (χ2n) is 4.26. The van der Waals surface area contributed by atoms with E-state index in [2.05, 4.69) is 23.3 Å². The minimum absolute atomic E-state index is 0.633. The molecule has 0 spiro atoms. The molecule has 3 heteroatoms. The second-order valence-corrected chi connectivity index (χ2v) is 4.70. The van der Waals surface area contributed by atoms with Gasteiger partial charge in [0, 0.05) is 24.2 Å². The zero-order chi connectivity index (χ0) is 10.7. The molecule has 15 heavy (non-hydrogen) atoms. The number of benzene rings is 1. The fraction of sp³-hybridized carbons (Fsp3) is 0.500. The zero-order valence-corrected chi connectivity index (χ0v) is 9.80. The summed E-state index contributed by atoms with van der Waals surface area (Å²) in [4.78, 5) is 2.36. The van der Waals surface area contributed by atoms with E-state index in [0.29, 0.717) is 6.04 Å². The summed E-state index contributed by atoms with van der Waals surface area (Å²) in [5.41, 5.74) is 1.26. The molecular formula is C12H17ClN2. The molecule has 1 aromatic rings. The largest absolute Gasteiger partial charge is 0.309 e. The molecule has 1 heterocycles. The van der Waals surface area contributed by atoms with Crippen LogP contribution in [0.4, 0.5) is 0 Å². The first-order valence-electron chi connectivity index (χ1n) is 5.40. The number of rotatable bonds is 3. The Balaban J connectivity index is 1.83. The fourth-order valence-corrected chi connectivity index (χ4v) is 2.22. The van der Waals surface area contributed by atoms with Crippen LogP contribution >= 0.6 is 11.6 Å². The lowest BCUT2D eigenvalue weighted by atomic mass is 10.2. The minimum Gasteiger partial charge on any atom is -0.309 e. The first-order chi connectivity index (χ1) is 7.24. The first-order valence-corrected chi connectivity index (χ1v) is 5.78. The van der Waals surface area contributed by atoms with Crippen molar-refractivity contribution in [3.63, 3.8) is 0 Å². The van der Waals surface area contributed by atoms with Crippen LogP contribution in [-0.4, -0.2) is 31.1 Å². The van der Waals surface area contributed by atoms with Crippen LogP contribution in [0.5, 0.6) is 0 Å². The summed E-state index contributed by atoms with van der Waals surface area (Å²) in [5.74, 6) is 0. The third kappa shape index (κ3) is 3.20. The first kappa shape index (κ1) is 10.9. The van der Waals surface area contributed by atoms with E-state index < -0.39 is 0 Å². The molecule has 1 aliphatic rings. The topological polar surface area (TPSA) is 15.3 Å². The minimum atomic E-state index is 0.633. The van der Waals surface area contributed by atoms with Gasteiger partial charge in [-0.15, -0.1) is 0 Å². The maximum atomic E-state index is 5.93. The van der Waals surface area contributed by atoms with E-state index in [1.54, 1.807) is 0 Å². The molecule has 1 N–H and O–H groups in total. The van der Waals surface area contributed by atoms with E-state index in [1.165, 1.54) is 18.5 Å². The molecule has 1 unspecified atom stereocenters. The highest BCUT2D eigenvalue weighted by atomic mass is 35.5. The average Bonchev–Trinajstić information content (AvgIpc) is 2.62. The van der Waals surface area contributed by atoms with Gasteiger partial charge >= 0.3 is 0 Å². The predicted molar refractivity (Wildman–Crippen MR) is 64.2 cm³/mol. The Kier molecular flexibility index (Phi) is 3.62. The monoisotopic (exact) mass is 224 g/mol. The smallest absolute Gasteiger partial charge is 0.0409 e. The highest BCUT2D eigenvalue weighted by Gasteiger charge is 2.18.